The smallest absolute Gasteiger partial charge is 0.224 e. The fourth-order valence-corrected chi connectivity index (χ4v) is 3.66. The molecule has 2 aromatic carbocycles. The van der Waals surface area contributed by atoms with Gasteiger partial charge in [0, 0.05) is 51.7 Å². The fraction of sp³-hybridized carbons (Fsp3) is 0.435. The summed E-state index contributed by atoms with van der Waals surface area (Å²) >= 11 is 0. The molecule has 0 N–H and O–H groups in total. The number of nitrogens with zero attached hydrogens (tertiary/aromatic N) is 3. The predicted octanol–water partition coefficient (Wildman–Crippen LogP) is 3.78. The first-order valence-electron chi connectivity index (χ1n) is 10.1. The Labute approximate surface area is 167 Å². The van der Waals surface area contributed by atoms with Crippen LogP contribution in [0.15, 0.2) is 54.6 Å². The molecule has 1 amide bonds. The van der Waals surface area contributed by atoms with Crippen molar-refractivity contribution in [1.29, 1.82) is 0 Å². The van der Waals surface area contributed by atoms with Crippen LogP contribution in [-0.4, -0.2) is 54.5 Å². The molecule has 0 saturated carbocycles. The van der Waals surface area contributed by atoms with E-state index in [1.165, 1.54) is 6.07 Å². The zero-order valence-electron chi connectivity index (χ0n) is 16.9. The monoisotopic (exact) mass is 383 g/mol. The number of carbonyl (C=O) groups is 1. The van der Waals surface area contributed by atoms with E-state index in [1.54, 1.807) is 6.07 Å². The van der Waals surface area contributed by atoms with Crippen molar-refractivity contribution in [3.8, 4) is 0 Å². The molecule has 2 aromatic rings. The number of carbonyl (C=O) groups excluding carboxylic acids is 1. The van der Waals surface area contributed by atoms with Crippen LogP contribution in [0.4, 0.5) is 10.1 Å². The van der Waals surface area contributed by atoms with Gasteiger partial charge in [0.05, 0.1) is 5.69 Å². The Morgan fingerprint density at radius 2 is 1.64 bits per heavy atom. The largest absolute Gasteiger partial charge is 0.367 e. The minimum atomic E-state index is -0.167. The summed E-state index contributed by atoms with van der Waals surface area (Å²) in [5.41, 5.74) is 1.83. The molecule has 0 aliphatic carbocycles. The van der Waals surface area contributed by atoms with Crippen LogP contribution in [0.2, 0.25) is 0 Å². The van der Waals surface area contributed by atoms with E-state index in [0.717, 1.165) is 38.3 Å². The fourth-order valence-electron chi connectivity index (χ4n) is 3.66. The zero-order chi connectivity index (χ0) is 19.9. The van der Waals surface area contributed by atoms with Gasteiger partial charge >= 0.3 is 0 Å². The third kappa shape index (κ3) is 5.32. The summed E-state index contributed by atoms with van der Waals surface area (Å²) in [4.78, 5) is 19.1. The van der Waals surface area contributed by atoms with Gasteiger partial charge in [0.1, 0.15) is 5.82 Å². The minimum absolute atomic E-state index is 0.167. The molecule has 0 unspecified atom stereocenters. The second-order valence-electron chi connectivity index (χ2n) is 7.63. The standard InChI is InChI=1S/C23H30FN3O/c1-19(2)27(18-20-8-4-3-5-9-20)23(28)12-13-25-14-16-26(17-15-25)22-11-7-6-10-21(22)24/h3-11,19H,12-18H2,1-2H3. The summed E-state index contributed by atoms with van der Waals surface area (Å²) in [7, 11) is 0. The third-order valence-electron chi connectivity index (χ3n) is 5.35. The quantitative estimate of drug-likeness (QED) is 0.728. The van der Waals surface area contributed by atoms with Crippen molar-refractivity contribution in [3.63, 3.8) is 0 Å². The second kappa shape index (κ2) is 9.69. The summed E-state index contributed by atoms with van der Waals surface area (Å²) in [5, 5.41) is 0. The van der Waals surface area contributed by atoms with E-state index in [-0.39, 0.29) is 17.8 Å². The predicted molar refractivity (Wildman–Crippen MR) is 112 cm³/mol. The van der Waals surface area contributed by atoms with Crippen molar-refractivity contribution in [2.45, 2.75) is 32.9 Å². The Balaban J connectivity index is 1.48. The average Bonchev–Trinajstić information content (AvgIpc) is 2.71. The van der Waals surface area contributed by atoms with Crippen LogP contribution >= 0.6 is 0 Å². The highest BCUT2D eigenvalue weighted by Crippen LogP contribution is 2.20. The number of hydrogen-bond acceptors (Lipinski definition) is 3. The summed E-state index contributed by atoms with van der Waals surface area (Å²) in [6, 6.07) is 17.2. The minimum Gasteiger partial charge on any atom is -0.367 e. The van der Waals surface area contributed by atoms with Gasteiger partial charge in [-0.1, -0.05) is 42.5 Å². The average molecular weight is 384 g/mol. The number of hydrogen-bond donors (Lipinski definition) is 0. The third-order valence-corrected chi connectivity index (χ3v) is 5.35. The summed E-state index contributed by atoms with van der Waals surface area (Å²) < 4.78 is 14.0. The summed E-state index contributed by atoms with van der Waals surface area (Å²) in [5.74, 6) is 0.0231. The zero-order valence-corrected chi connectivity index (χ0v) is 16.9. The van der Waals surface area contributed by atoms with Crippen LogP contribution in [0.25, 0.3) is 0 Å². The lowest BCUT2D eigenvalue weighted by atomic mass is 10.1. The van der Waals surface area contributed by atoms with Crippen LogP contribution in [0, 0.1) is 5.82 Å². The van der Waals surface area contributed by atoms with Crippen LogP contribution in [0.3, 0.4) is 0 Å². The molecule has 1 aliphatic rings. The molecular formula is C23H30FN3O. The first-order chi connectivity index (χ1) is 13.5. The molecular weight excluding hydrogens is 353 g/mol. The molecule has 1 heterocycles. The van der Waals surface area contributed by atoms with Crippen LogP contribution < -0.4 is 4.90 Å². The molecule has 0 aromatic heterocycles. The SMILES string of the molecule is CC(C)N(Cc1ccccc1)C(=O)CCN1CCN(c2ccccc2F)CC1. The number of amides is 1. The van der Waals surface area contributed by atoms with Crippen molar-refractivity contribution < 1.29 is 9.18 Å². The van der Waals surface area contributed by atoms with Gasteiger partial charge in [0.15, 0.2) is 0 Å². The van der Waals surface area contributed by atoms with Crippen molar-refractivity contribution in [2.24, 2.45) is 0 Å². The van der Waals surface area contributed by atoms with Crippen LogP contribution in [0.5, 0.6) is 0 Å². The lowest BCUT2D eigenvalue weighted by Crippen LogP contribution is -2.48. The van der Waals surface area contributed by atoms with E-state index in [4.69, 9.17) is 0 Å². The normalized spacial score (nSPS) is 15.1. The number of benzene rings is 2. The maximum Gasteiger partial charge on any atom is 0.224 e. The Morgan fingerprint density at radius 1 is 1.00 bits per heavy atom. The van der Waals surface area contributed by atoms with Crippen LogP contribution in [0.1, 0.15) is 25.8 Å². The van der Waals surface area contributed by atoms with E-state index >= 15 is 0 Å². The van der Waals surface area contributed by atoms with Gasteiger partial charge in [-0.05, 0) is 31.5 Å². The first-order valence-corrected chi connectivity index (χ1v) is 10.1. The van der Waals surface area contributed by atoms with E-state index in [9.17, 15) is 9.18 Å². The highest BCUT2D eigenvalue weighted by atomic mass is 19.1. The Bertz CT molecular complexity index is 757. The maximum atomic E-state index is 14.0. The Morgan fingerprint density at radius 3 is 2.29 bits per heavy atom. The van der Waals surface area contributed by atoms with Gasteiger partial charge in [0.2, 0.25) is 5.91 Å². The van der Waals surface area contributed by atoms with E-state index in [2.05, 4.69) is 35.8 Å². The molecule has 0 atom stereocenters. The number of para-hydroxylation sites is 1. The number of rotatable bonds is 7. The topological polar surface area (TPSA) is 26.8 Å². The molecule has 28 heavy (non-hydrogen) atoms. The van der Waals surface area contributed by atoms with E-state index in [0.29, 0.717) is 18.7 Å². The molecule has 4 nitrogen and oxygen atoms in total. The molecule has 1 fully saturated rings. The van der Waals surface area contributed by atoms with Crippen molar-refractivity contribution >= 4 is 11.6 Å². The Hall–Kier alpha value is -2.40. The molecule has 0 bridgehead atoms. The first kappa shape index (κ1) is 20.3. The maximum absolute atomic E-state index is 14.0. The van der Waals surface area contributed by atoms with Gasteiger partial charge in [-0.3, -0.25) is 9.69 Å². The van der Waals surface area contributed by atoms with Crippen molar-refractivity contribution in [2.75, 3.05) is 37.6 Å². The van der Waals surface area contributed by atoms with Gasteiger partial charge in [-0.15, -0.1) is 0 Å². The number of anilines is 1. The van der Waals surface area contributed by atoms with Crippen molar-refractivity contribution in [3.05, 3.63) is 66.0 Å². The highest BCUT2D eigenvalue weighted by Gasteiger charge is 2.22. The number of piperazine rings is 1. The van der Waals surface area contributed by atoms with E-state index in [1.807, 2.05) is 35.2 Å². The lowest BCUT2D eigenvalue weighted by molar-refractivity contribution is -0.133. The number of halogens is 1. The molecule has 0 spiro atoms. The molecule has 5 heteroatoms. The van der Waals surface area contributed by atoms with Gasteiger partial charge < -0.3 is 9.80 Å². The second-order valence-corrected chi connectivity index (χ2v) is 7.63. The lowest BCUT2D eigenvalue weighted by Gasteiger charge is -2.36. The van der Waals surface area contributed by atoms with Gasteiger partial charge in [0.25, 0.3) is 0 Å². The molecule has 1 aliphatic heterocycles. The highest BCUT2D eigenvalue weighted by molar-refractivity contribution is 5.76. The molecule has 1 saturated heterocycles. The van der Waals surface area contributed by atoms with Gasteiger partial charge in [-0.25, -0.2) is 4.39 Å². The van der Waals surface area contributed by atoms with Gasteiger partial charge in [-0.2, -0.15) is 0 Å². The summed E-state index contributed by atoms with van der Waals surface area (Å²) in [6.07, 6.45) is 0.519. The Kier molecular flexibility index (Phi) is 7.04. The van der Waals surface area contributed by atoms with E-state index < -0.39 is 0 Å². The molecule has 3 rings (SSSR count). The molecule has 0 radical (unpaired) electrons. The van der Waals surface area contributed by atoms with Crippen LogP contribution in [-0.2, 0) is 11.3 Å². The summed E-state index contributed by atoms with van der Waals surface area (Å²) in [6.45, 7) is 8.80. The molecule has 150 valence electrons. The van der Waals surface area contributed by atoms with Crippen molar-refractivity contribution in [1.82, 2.24) is 9.80 Å².